The van der Waals surface area contributed by atoms with Crippen LogP contribution in [0.1, 0.15) is 10.4 Å². The maximum Gasteiger partial charge on any atom is 0.338 e. The van der Waals surface area contributed by atoms with Crippen molar-refractivity contribution < 1.29 is 31.9 Å². The van der Waals surface area contributed by atoms with Crippen LogP contribution in [0.4, 0.5) is 4.39 Å². The highest BCUT2D eigenvalue weighted by Crippen LogP contribution is 2.22. The van der Waals surface area contributed by atoms with Gasteiger partial charge in [-0.05, 0) is 18.2 Å². The van der Waals surface area contributed by atoms with Crippen molar-refractivity contribution in [2.75, 3.05) is 39.5 Å². The van der Waals surface area contributed by atoms with Crippen molar-refractivity contribution in [3.8, 4) is 12.3 Å². The van der Waals surface area contributed by atoms with Crippen LogP contribution in [0.2, 0.25) is 0 Å². The summed E-state index contributed by atoms with van der Waals surface area (Å²) in [4.78, 5) is 22.7. The van der Waals surface area contributed by atoms with E-state index in [-0.39, 0.29) is 38.4 Å². The Morgan fingerprint density at radius 3 is 2.69 bits per heavy atom. The van der Waals surface area contributed by atoms with Crippen LogP contribution in [-0.4, -0.2) is 64.1 Å². The number of carbonyl (C=O) groups excluding carboxylic acids is 2. The van der Waals surface area contributed by atoms with Gasteiger partial charge in [-0.25, -0.2) is 17.6 Å². The minimum absolute atomic E-state index is 0.0190. The number of nitrogens with one attached hydrogen (secondary N) is 1. The zero-order valence-electron chi connectivity index (χ0n) is 13.7. The van der Waals surface area contributed by atoms with Crippen molar-refractivity contribution in [1.29, 1.82) is 0 Å². The zero-order chi connectivity index (χ0) is 19.2. The molecule has 140 valence electrons. The molecule has 1 aliphatic rings. The van der Waals surface area contributed by atoms with E-state index in [0.717, 1.165) is 22.5 Å². The number of amides is 1. The fraction of sp³-hybridized carbons (Fsp3) is 0.375. The van der Waals surface area contributed by atoms with E-state index in [1.807, 2.05) is 0 Å². The highest BCUT2D eigenvalue weighted by Gasteiger charge is 2.30. The molecule has 0 radical (unpaired) electrons. The van der Waals surface area contributed by atoms with Crippen LogP contribution in [0.5, 0.6) is 0 Å². The molecule has 1 N–H and O–H groups in total. The summed E-state index contributed by atoms with van der Waals surface area (Å²) in [7, 11) is -4.12. The first-order valence-electron chi connectivity index (χ1n) is 7.61. The molecule has 1 saturated heterocycles. The lowest BCUT2D eigenvalue weighted by atomic mass is 10.2. The standard InChI is InChI=1S/C16H17FN2O6S/c1-2-5-18-15(20)11-25-16(21)12-3-4-13(17)14(10-12)26(22,23)19-6-8-24-9-7-19/h1,3-4,10H,5-9,11H2,(H,18,20). The Bertz CT molecular complexity index is 828. The van der Waals surface area contributed by atoms with Crippen molar-refractivity contribution in [3.05, 3.63) is 29.6 Å². The number of hydrogen-bond donors (Lipinski definition) is 1. The van der Waals surface area contributed by atoms with E-state index in [4.69, 9.17) is 15.9 Å². The Hall–Kier alpha value is -2.48. The topological polar surface area (TPSA) is 102 Å². The fourth-order valence-electron chi connectivity index (χ4n) is 2.17. The Morgan fingerprint density at radius 2 is 2.04 bits per heavy atom. The van der Waals surface area contributed by atoms with Gasteiger partial charge in [0.25, 0.3) is 5.91 Å². The Labute approximate surface area is 150 Å². The smallest absolute Gasteiger partial charge is 0.338 e. The molecule has 1 heterocycles. The molecule has 1 aromatic rings. The monoisotopic (exact) mass is 384 g/mol. The number of rotatable bonds is 6. The number of terminal acetylenes is 1. The normalized spacial score (nSPS) is 15.1. The molecule has 0 atom stereocenters. The van der Waals surface area contributed by atoms with Gasteiger partial charge in [0.05, 0.1) is 25.3 Å². The van der Waals surface area contributed by atoms with Crippen LogP contribution in [0.15, 0.2) is 23.1 Å². The van der Waals surface area contributed by atoms with Crippen LogP contribution < -0.4 is 5.32 Å². The minimum atomic E-state index is -4.12. The third-order valence-electron chi connectivity index (χ3n) is 3.48. The average Bonchev–Trinajstić information content (AvgIpc) is 2.65. The number of halogens is 1. The predicted molar refractivity (Wildman–Crippen MR) is 88.1 cm³/mol. The summed E-state index contributed by atoms with van der Waals surface area (Å²) in [6, 6.07) is 2.83. The summed E-state index contributed by atoms with van der Waals surface area (Å²) < 4.78 is 50.1. The molecule has 2 rings (SSSR count). The fourth-order valence-corrected chi connectivity index (χ4v) is 3.67. The van der Waals surface area contributed by atoms with Crippen molar-refractivity contribution >= 4 is 21.9 Å². The second kappa shape index (κ2) is 8.75. The number of nitrogens with zero attached hydrogens (tertiary/aromatic N) is 1. The van der Waals surface area contributed by atoms with Gasteiger partial charge in [0.15, 0.2) is 6.61 Å². The van der Waals surface area contributed by atoms with Gasteiger partial charge in [0.1, 0.15) is 10.7 Å². The van der Waals surface area contributed by atoms with Gasteiger partial charge >= 0.3 is 5.97 Å². The van der Waals surface area contributed by atoms with E-state index < -0.39 is 39.2 Å². The molecule has 1 fully saturated rings. The Balaban J connectivity index is 2.15. The van der Waals surface area contributed by atoms with Crippen molar-refractivity contribution in [2.45, 2.75) is 4.90 Å². The second-order valence-electron chi connectivity index (χ2n) is 5.22. The molecule has 0 aliphatic carbocycles. The van der Waals surface area contributed by atoms with Crippen LogP contribution in [0.25, 0.3) is 0 Å². The number of benzene rings is 1. The first-order chi connectivity index (χ1) is 12.4. The van der Waals surface area contributed by atoms with Gasteiger partial charge in [0.2, 0.25) is 10.0 Å². The van der Waals surface area contributed by atoms with Crippen molar-refractivity contribution in [3.63, 3.8) is 0 Å². The molecule has 1 amide bonds. The van der Waals surface area contributed by atoms with E-state index >= 15 is 0 Å². The molecule has 10 heteroatoms. The van der Waals surface area contributed by atoms with Gasteiger partial charge in [-0.3, -0.25) is 4.79 Å². The summed E-state index contributed by atoms with van der Waals surface area (Å²) in [6.07, 6.45) is 4.98. The molecule has 0 unspecified atom stereocenters. The third-order valence-corrected chi connectivity index (χ3v) is 5.39. The molecular weight excluding hydrogens is 367 g/mol. The van der Waals surface area contributed by atoms with Gasteiger partial charge in [-0.15, -0.1) is 6.42 Å². The average molecular weight is 384 g/mol. The van der Waals surface area contributed by atoms with Crippen molar-refractivity contribution in [2.24, 2.45) is 0 Å². The summed E-state index contributed by atoms with van der Waals surface area (Å²) in [6.45, 7) is -0.0272. The van der Waals surface area contributed by atoms with Crippen LogP contribution in [0.3, 0.4) is 0 Å². The van der Waals surface area contributed by atoms with Gasteiger partial charge < -0.3 is 14.8 Å². The summed E-state index contributed by atoms with van der Waals surface area (Å²) in [5.74, 6) is -0.372. The van der Waals surface area contributed by atoms with E-state index in [0.29, 0.717) is 0 Å². The Kier molecular flexibility index (Phi) is 6.68. The van der Waals surface area contributed by atoms with Gasteiger partial charge in [-0.1, -0.05) is 5.92 Å². The summed E-state index contributed by atoms with van der Waals surface area (Å²) >= 11 is 0. The first kappa shape index (κ1) is 19.8. The predicted octanol–water partition coefficient (Wildman–Crippen LogP) is -0.247. The van der Waals surface area contributed by atoms with E-state index in [1.165, 1.54) is 0 Å². The minimum Gasteiger partial charge on any atom is -0.452 e. The number of sulfonamides is 1. The molecule has 26 heavy (non-hydrogen) atoms. The van der Waals surface area contributed by atoms with Crippen molar-refractivity contribution in [1.82, 2.24) is 9.62 Å². The lowest BCUT2D eigenvalue weighted by molar-refractivity contribution is -0.123. The number of carbonyl (C=O) groups is 2. The molecule has 0 aromatic heterocycles. The SMILES string of the molecule is C#CCNC(=O)COC(=O)c1ccc(F)c(S(=O)(=O)N2CCOCC2)c1. The first-order valence-corrected chi connectivity index (χ1v) is 9.05. The summed E-state index contributed by atoms with van der Waals surface area (Å²) in [5.41, 5.74) is -0.192. The number of morpholine rings is 1. The van der Waals surface area contributed by atoms with Crippen LogP contribution in [-0.2, 0) is 24.3 Å². The molecule has 1 aliphatic heterocycles. The Morgan fingerprint density at radius 1 is 1.35 bits per heavy atom. The maximum absolute atomic E-state index is 14.1. The van der Waals surface area contributed by atoms with Crippen LogP contribution >= 0.6 is 0 Å². The van der Waals surface area contributed by atoms with E-state index in [1.54, 1.807) is 0 Å². The number of ether oxygens (including phenoxy) is 2. The molecule has 8 nitrogen and oxygen atoms in total. The van der Waals surface area contributed by atoms with Gasteiger partial charge in [-0.2, -0.15) is 4.31 Å². The maximum atomic E-state index is 14.1. The second-order valence-corrected chi connectivity index (χ2v) is 7.13. The molecule has 0 spiro atoms. The number of esters is 1. The lowest BCUT2D eigenvalue weighted by Crippen LogP contribution is -2.41. The highest BCUT2D eigenvalue weighted by atomic mass is 32.2. The largest absolute Gasteiger partial charge is 0.452 e. The molecular formula is C16H17FN2O6S. The lowest BCUT2D eigenvalue weighted by Gasteiger charge is -2.26. The third kappa shape index (κ3) is 4.78. The molecule has 0 saturated carbocycles. The molecule has 0 bridgehead atoms. The molecule has 1 aromatic carbocycles. The highest BCUT2D eigenvalue weighted by molar-refractivity contribution is 7.89. The number of hydrogen-bond acceptors (Lipinski definition) is 6. The van der Waals surface area contributed by atoms with Gasteiger partial charge in [0, 0.05) is 13.1 Å². The quantitative estimate of drug-likeness (QED) is 0.536. The van der Waals surface area contributed by atoms with E-state index in [2.05, 4.69) is 11.2 Å². The van der Waals surface area contributed by atoms with Crippen LogP contribution in [0, 0.1) is 18.2 Å². The summed E-state index contributed by atoms with van der Waals surface area (Å²) in [5, 5.41) is 2.30. The zero-order valence-corrected chi connectivity index (χ0v) is 14.6. The van der Waals surface area contributed by atoms with E-state index in [9.17, 15) is 22.4 Å².